The van der Waals surface area contributed by atoms with Gasteiger partial charge >= 0.3 is 0 Å². The van der Waals surface area contributed by atoms with Crippen LogP contribution in [-0.2, 0) is 6.54 Å². The number of rotatable bonds is 6. The highest BCUT2D eigenvalue weighted by Gasteiger charge is 2.09. The summed E-state index contributed by atoms with van der Waals surface area (Å²) in [6, 6.07) is 8.10. The Balaban J connectivity index is 0.00000484. The summed E-state index contributed by atoms with van der Waals surface area (Å²) in [6.07, 6.45) is 0. The number of ether oxygens (including phenoxy) is 1. The Kier molecular flexibility index (Phi) is 10.2. The van der Waals surface area contributed by atoms with Crippen LogP contribution in [0.4, 0.5) is 0 Å². The van der Waals surface area contributed by atoms with Crippen LogP contribution in [0.5, 0.6) is 5.75 Å². The van der Waals surface area contributed by atoms with E-state index in [0.29, 0.717) is 0 Å². The molecule has 5 nitrogen and oxygen atoms in total. The van der Waals surface area contributed by atoms with Crippen molar-refractivity contribution in [3.8, 4) is 5.75 Å². The predicted molar refractivity (Wildman–Crippen MR) is 109 cm³/mol. The number of nitrogens with one attached hydrogen (secondary N) is 2. The first kappa shape index (κ1) is 22.0. The van der Waals surface area contributed by atoms with Gasteiger partial charge in [0.05, 0.1) is 7.11 Å². The minimum atomic E-state index is 0. The summed E-state index contributed by atoms with van der Waals surface area (Å²) in [5.41, 5.74) is 1.36. The average Bonchev–Trinajstić information content (AvgIpc) is 2.47. The first-order valence-corrected chi connectivity index (χ1v) is 7.65. The topological polar surface area (TPSA) is 48.9 Å². The summed E-state index contributed by atoms with van der Waals surface area (Å²) in [4.78, 5) is 6.44. The highest BCUT2D eigenvalue weighted by molar-refractivity contribution is 14.0. The fraction of sp³-hybridized carbons (Fsp3) is 0.588. The second-order valence-corrected chi connectivity index (χ2v) is 6.35. The molecule has 6 heteroatoms. The zero-order chi connectivity index (χ0) is 16.6. The van der Waals surface area contributed by atoms with Gasteiger partial charge in [0.25, 0.3) is 0 Å². The fourth-order valence-corrected chi connectivity index (χ4v) is 2.08. The van der Waals surface area contributed by atoms with Crippen LogP contribution in [0, 0.1) is 0 Å². The summed E-state index contributed by atoms with van der Waals surface area (Å²) >= 11 is 0. The van der Waals surface area contributed by atoms with Gasteiger partial charge in [0.15, 0.2) is 5.96 Å². The molecule has 0 aliphatic carbocycles. The lowest BCUT2D eigenvalue weighted by molar-refractivity contribution is 0.413. The summed E-state index contributed by atoms with van der Waals surface area (Å²) in [6.45, 7) is 9.04. The minimum absolute atomic E-state index is 0. The maximum absolute atomic E-state index is 5.18. The molecule has 0 spiro atoms. The lowest BCUT2D eigenvalue weighted by Gasteiger charge is -2.24. The zero-order valence-corrected chi connectivity index (χ0v) is 17.5. The van der Waals surface area contributed by atoms with Crippen LogP contribution >= 0.6 is 24.0 Å². The molecule has 1 rings (SSSR count). The van der Waals surface area contributed by atoms with Crippen molar-refractivity contribution in [2.24, 2.45) is 4.99 Å². The molecule has 0 radical (unpaired) electrons. The van der Waals surface area contributed by atoms with Gasteiger partial charge in [-0.25, -0.2) is 0 Å². The van der Waals surface area contributed by atoms with Crippen LogP contribution in [0.1, 0.15) is 26.3 Å². The highest BCUT2D eigenvalue weighted by atomic mass is 127. The van der Waals surface area contributed by atoms with Crippen LogP contribution in [0.25, 0.3) is 0 Å². The fourth-order valence-electron chi connectivity index (χ4n) is 2.08. The quantitative estimate of drug-likeness (QED) is 0.313. The summed E-state index contributed by atoms with van der Waals surface area (Å²) < 4.78 is 5.18. The van der Waals surface area contributed by atoms with E-state index in [1.165, 1.54) is 5.56 Å². The monoisotopic (exact) mass is 434 g/mol. The lowest BCUT2D eigenvalue weighted by Crippen LogP contribution is -2.44. The standard InChI is InChI=1S/C17H30N4O.HI/c1-17(2,3)20-12-11-19-16(18-4)21(5)13-14-7-9-15(22-6)10-8-14;/h7-10,20H,11-13H2,1-6H3,(H,18,19);1H. The molecule has 0 aromatic heterocycles. The third-order valence-corrected chi connectivity index (χ3v) is 3.22. The summed E-state index contributed by atoms with van der Waals surface area (Å²) in [5, 5.41) is 6.83. The molecule has 1 aromatic rings. The average molecular weight is 434 g/mol. The zero-order valence-electron chi connectivity index (χ0n) is 15.1. The molecule has 0 aliphatic rings. The second-order valence-electron chi connectivity index (χ2n) is 6.35. The molecule has 132 valence electrons. The molecule has 0 amide bonds. The molecular weight excluding hydrogens is 403 g/mol. The maximum Gasteiger partial charge on any atom is 0.193 e. The molecule has 0 fully saturated rings. The van der Waals surface area contributed by atoms with Gasteiger partial charge in [-0.15, -0.1) is 24.0 Å². The van der Waals surface area contributed by atoms with Crippen molar-refractivity contribution in [2.45, 2.75) is 32.9 Å². The second kappa shape index (κ2) is 10.7. The number of guanidine groups is 1. The van der Waals surface area contributed by atoms with Gasteiger partial charge in [-0.3, -0.25) is 4.99 Å². The molecule has 23 heavy (non-hydrogen) atoms. The van der Waals surface area contributed by atoms with Gasteiger partial charge < -0.3 is 20.3 Å². The normalized spacial score (nSPS) is 11.7. The smallest absolute Gasteiger partial charge is 0.193 e. The van der Waals surface area contributed by atoms with Crippen LogP contribution in [0.3, 0.4) is 0 Å². The number of methoxy groups -OCH3 is 1. The molecule has 0 saturated heterocycles. The van der Waals surface area contributed by atoms with Crippen LogP contribution in [0.2, 0.25) is 0 Å². The van der Waals surface area contributed by atoms with Crippen LogP contribution < -0.4 is 15.4 Å². The summed E-state index contributed by atoms with van der Waals surface area (Å²) in [5.74, 6) is 1.77. The molecular formula is C17H31IN4O. The van der Waals surface area contributed by atoms with Gasteiger partial charge in [0.2, 0.25) is 0 Å². The minimum Gasteiger partial charge on any atom is -0.497 e. The Bertz CT molecular complexity index is 468. The largest absolute Gasteiger partial charge is 0.497 e. The number of hydrogen-bond donors (Lipinski definition) is 2. The van der Waals surface area contributed by atoms with Gasteiger partial charge in [-0.2, -0.15) is 0 Å². The van der Waals surface area contributed by atoms with Crippen LogP contribution in [-0.4, -0.2) is 50.7 Å². The molecule has 0 heterocycles. The van der Waals surface area contributed by atoms with Crippen molar-refractivity contribution in [1.82, 2.24) is 15.5 Å². The lowest BCUT2D eigenvalue weighted by atomic mass is 10.1. The van der Waals surface area contributed by atoms with E-state index < -0.39 is 0 Å². The van der Waals surface area contributed by atoms with Crippen LogP contribution in [0.15, 0.2) is 29.3 Å². The first-order valence-electron chi connectivity index (χ1n) is 7.65. The third kappa shape index (κ3) is 9.00. The van der Waals surface area contributed by atoms with Gasteiger partial charge in [-0.05, 0) is 38.5 Å². The third-order valence-electron chi connectivity index (χ3n) is 3.22. The Labute approximate surface area is 157 Å². The predicted octanol–water partition coefficient (Wildman–Crippen LogP) is 2.71. The van der Waals surface area contributed by atoms with Gasteiger partial charge in [0, 0.05) is 39.3 Å². The Morgan fingerprint density at radius 2 is 1.78 bits per heavy atom. The molecule has 0 atom stereocenters. The Morgan fingerprint density at radius 1 is 1.17 bits per heavy atom. The Hall–Kier alpha value is -1.02. The number of hydrogen-bond acceptors (Lipinski definition) is 3. The van der Waals surface area contributed by atoms with E-state index in [4.69, 9.17) is 4.74 Å². The van der Waals surface area contributed by atoms with E-state index in [1.807, 2.05) is 26.2 Å². The number of nitrogens with zero attached hydrogens (tertiary/aromatic N) is 2. The molecule has 0 saturated carbocycles. The van der Waals surface area contributed by atoms with Crippen molar-refractivity contribution in [1.29, 1.82) is 0 Å². The molecule has 2 N–H and O–H groups in total. The molecule has 0 bridgehead atoms. The number of aliphatic imine (C=N–C) groups is 1. The van der Waals surface area contributed by atoms with E-state index in [9.17, 15) is 0 Å². The van der Waals surface area contributed by atoms with Gasteiger partial charge in [-0.1, -0.05) is 12.1 Å². The van der Waals surface area contributed by atoms with Crippen molar-refractivity contribution in [3.05, 3.63) is 29.8 Å². The number of benzene rings is 1. The van der Waals surface area contributed by atoms with Crippen molar-refractivity contribution in [3.63, 3.8) is 0 Å². The molecule has 0 aliphatic heterocycles. The van der Waals surface area contributed by atoms with Crippen molar-refractivity contribution >= 4 is 29.9 Å². The van der Waals surface area contributed by atoms with E-state index >= 15 is 0 Å². The van der Waals surface area contributed by atoms with E-state index in [-0.39, 0.29) is 29.5 Å². The maximum atomic E-state index is 5.18. The number of halogens is 1. The van der Waals surface area contributed by atoms with E-state index in [2.05, 4.69) is 53.4 Å². The van der Waals surface area contributed by atoms with Gasteiger partial charge in [0.1, 0.15) is 5.75 Å². The molecule has 1 aromatic carbocycles. The Morgan fingerprint density at radius 3 is 2.26 bits per heavy atom. The summed E-state index contributed by atoms with van der Waals surface area (Å²) in [7, 11) is 5.53. The molecule has 0 unspecified atom stereocenters. The highest BCUT2D eigenvalue weighted by Crippen LogP contribution is 2.12. The first-order chi connectivity index (χ1) is 10.4. The van der Waals surface area contributed by atoms with E-state index in [0.717, 1.165) is 31.3 Å². The van der Waals surface area contributed by atoms with E-state index in [1.54, 1.807) is 7.11 Å². The van der Waals surface area contributed by atoms with Crippen molar-refractivity contribution in [2.75, 3.05) is 34.3 Å². The van der Waals surface area contributed by atoms with Crippen molar-refractivity contribution < 1.29 is 4.74 Å². The SMILES string of the molecule is CN=C(NCCNC(C)(C)C)N(C)Cc1ccc(OC)cc1.I.